The molecule has 0 aliphatic carbocycles. The van der Waals surface area contributed by atoms with Crippen LogP contribution >= 0.6 is 11.3 Å². The van der Waals surface area contributed by atoms with Crippen molar-refractivity contribution in [1.82, 2.24) is 19.5 Å². The molecule has 0 bridgehead atoms. The summed E-state index contributed by atoms with van der Waals surface area (Å²) in [5.41, 5.74) is 10.6. The lowest BCUT2D eigenvalue weighted by Gasteiger charge is -2.21. The molecule has 0 aliphatic heterocycles. The molecule has 0 aliphatic rings. The first-order valence-corrected chi connectivity index (χ1v) is 19.6. The van der Waals surface area contributed by atoms with Gasteiger partial charge in [-0.3, -0.25) is 0 Å². The number of benzene rings is 8. The van der Waals surface area contributed by atoms with Crippen LogP contribution in [-0.2, 0) is 0 Å². The van der Waals surface area contributed by atoms with E-state index in [1.807, 2.05) is 47.7 Å². The Kier molecular flexibility index (Phi) is 7.64. The normalized spacial score (nSPS) is 11.6. The predicted molar refractivity (Wildman–Crippen MR) is 234 cm³/mol. The number of hydrogen-bond acceptors (Lipinski definition) is 4. The van der Waals surface area contributed by atoms with Gasteiger partial charge in [0.1, 0.15) is 0 Å². The van der Waals surface area contributed by atoms with Crippen molar-refractivity contribution in [2.75, 3.05) is 0 Å². The molecular formula is C51H32N4S. The van der Waals surface area contributed by atoms with Crippen molar-refractivity contribution in [3.63, 3.8) is 0 Å². The van der Waals surface area contributed by atoms with E-state index in [1.54, 1.807) is 0 Å². The highest BCUT2D eigenvalue weighted by molar-refractivity contribution is 7.25. The third kappa shape index (κ3) is 5.40. The van der Waals surface area contributed by atoms with Gasteiger partial charge >= 0.3 is 0 Å². The molecule has 0 N–H and O–H groups in total. The van der Waals surface area contributed by atoms with E-state index in [9.17, 15) is 0 Å². The molecule has 0 atom stereocenters. The minimum Gasteiger partial charge on any atom is -0.308 e. The number of fused-ring (bicyclic) bond motifs is 6. The zero-order valence-electron chi connectivity index (χ0n) is 30.2. The highest BCUT2D eigenvalue weighted by Crippen LogP contribution is 2.46. The molecule has 56 heavy (non-hydrogen) atoms. The van der Waals surface area contributed by atoms with Gasteiger partial charge in [-0.05, 0) is 47.5 Å². The lowest BCUT2D eigenvalue weighted by atomic mass is 9.92. The van der Waals surface area contributed by atoms with E-state index in [1.165, 1.54) is 36.5 Å². The maximum atomic E-state index is 5.19. The summed E-state index contributed by atoms with van der Waals surface area (Å²) in [5, 5.41) is 5.01. The quantitative estimate of drug-likeness (QED) is 0.171. The molecule has 8 aromatic carbocycles. The van der Waals surface area contributed by atoms with Crippen LogP contribution in [0.15, 0.2) is 194 Å². The van der Waals surface area contributed by atoms with Crippen molar-refractivity contribution < 1.29 is 0 Å². The number of rotatable bonds is 6. The second kappa shape index (κ2) is 13.3. The molecule has 11 aromatic rings. The number of hydrogen-bond donors (Lipinski definition) is 0. The Morgan fingerprint density at radius 2 is 0.786 bits per heavy atom. The van der Waals surface area contributed by atoms with Crippen LogP contribution < -0.4 is 0 Å². The van der Waals surface area contributed by atoms with E-state index in [2.05, 4.69) is 162 Å². The van der Waals surface area contributed by atoms with Gasteiger partial charge in [0, 0.05) is 58.8 Å². The summed E-state index contributed by atoms with van der Waals surface area (Å²) in [7, 11) is 0. The van der Waals surface area contributed by atoms with E-state index in [-0.39, 0.29) is 0 Å². The van der Waals surface area contributed by atoms with Crippen LogP contribution in [0.1, 0.15) is 0 Å². The van der Waals surface area contributed by atoms with Crippen LogP contribution in [0.4, 0.5) is 0 Å². The van der Waals surface area contributed by atoms with Crippen LogP contribution in [0.3, 0.4) is 0 Å². The first-order chi connectivity index (χ1) is 27.8. The van der Waals surface area contributed by atoms with E-state index in [4.69, 9.17) is 15.0 Å². The van der Waals surface area contributed by atoms with Crippen molar-refractivity contribution in [3.05, 3.63) is 194 Å². The topological polar surface area (TPSA) is 43.6 Å². The van der Waals surface area contributed by atoms with Crippen molar-refractivity contribution in [3.8, 4) is 62.1 Å². The number of para-hydroxylation sites is 1. The second-order valence-corrected chi connectivity index (χ2v) is 15.1. The first-order valence-electron chi connectivity index (χ1n) is 18.8. The molecule has 4 nitrogen and oxygen atoms in total. The Morgan fingerprint density at radius 3 is 1.36 bits per heavy atom. The predicted octanol–water partition coefficient (Wildman–Crippen LogP) is 13.7. The van der Waals surface area contributed by atoms with Gasteiger partial charge in [0.15, 0.2) is 17.5 Å². The summed E-state index contributed by atoms with van der Waals surface area (Å²) in [6, 6.07) is 68.7. The second-order valence-electron chi connectivity index (χ2n) is 14.0. The standard InChI is InChI=1S/C51H32N4S/c1-5-17-33(18-6-1)40-29-37(51-53-49(35-21-9-3-10-22-35)52-50(54-51)36-23-11-4-12-24-36)30-41(34-19-7-2-8-20-34)48(40)55-44-27-15-13-25-38(44)42-32-47-43(31-45(42)55)39-26-14-16-28-46(39)56-47/h1-32H. The van der Waals surface area contributed by atoms with Crippen LogP contribution in [0.5, 0.6) is 0 Å². The van der Waals surface area contributed by atoms with Gasteiger partial charge < -0.3 is 4.57 Å². The molecule has 0 amide bonds. The fourth-order valence-corrected chi connectivity index (χ4v) is 9.17. The minimum absolute atomic E-state index is 0.618. The van der Waals surface area contributed by atoms with Gasteiger partial charge in [-0.1, -0.05) is 158 Å². The molecule has 262 valence electrons. The zero-order chi connectivity index (χ0) is 37.0. The molecule has 0 saturated heterocycles. The summed E-state index contributed by atoms with van der Waals surface area (Å²) < 4.78 is 5.08. The Labute approximate surface area is 327 Å². The van der Waals surface area contributed by atoms with Crippen molar-refractivity contribution >= 4 is 53.3 Å². The Morgan fingerprint density at radius 1 is 0.321 bits per heavy atom. The third-order valence-electron chi connectivity index (χ3n) is 10.6. The highest BCUT2D eigenvalue weighted by Gasteiger charge is 2.24. The summed E-state index contributed by atoms with van der Waals surface area (Å²) in [6.45, 7) is 0. The fraction of sp³-hybridized carbons (Fsp3) is 0. The molecule has 0 radical (unpaired) electrons. The van der Waals surface area contributed by atoms with Crippen LogP contribution in [0.2, 0.25) is 0 Å². The van der Waals surface area contributed by atoms with Gasteiger partial charge in [0.2, 0.25) is 0 Å². The minimum atomic E-state index is 0.618. The highest BCUT2D eigenvalue weighted by atomic mass is 32.1. The van der Waals surface area contributed by atoms with Gasteiger partial charge in [0.05, 0.1) is 16.7 Å². The van der Waals surface area contributed by atoms with E-state index < -0.39 is 0 Å². The Bertz CT molecular complexity index is 3110. The summed E-state index contributed by atoms with van der Waals surface area (Å²) in [4.78, 5) is 15.4. The van der Waals surface area contributed by atoms with Gasteiger partial charge in [0.25, 0.3) is 0 Å². The molecule has 11 rings (SSSR count). The number of nitrogens with zero attached hydrogens (tertiary/aromatic N) is 4. The molecular weight excluding hydrogens is 701 g/mol. The summed E-state index contributed by atoms with van der Waals surface area (Å²) in [5.74, 6) is 1.89. The van der Waals surface area contributed by atoms with E-state index in [0.717, 1.165) is 50.1 Å². The average Bonchev–Trinajstić information content (AvgIpc) is 3.80. The Balaban J connectivity index is 1.27. The third-order valence-corrected chi connectivity index (χ3v) is 11.8. The van der Waals surface area contributed by atoms with Crippen molar-refractivity contribution in [1.29, 1.82) is 0 Å². The maximum Gasteiger partial charge on any atom is 0.164 e. The smallest absolute Gasteiger partial charge is 0.164 e. The molecule has 0 fully saturated rings. The maximum absolute atomic E-state index is 5.19. The SMILES string of the molecule is c1ccc(-c2nc(-c3ccccc3)nc(-c3cc(-c4ccccc4)c(-n4c5ccccc5c5cc6sc7ccccc7c6cc54)c(-c4ccccc4)c3)n2)cc1. The van der Waals surface area contributed by atoms with Crippen LogP contribution in [0.25, 0.3) is 104 Å². The monoisotopic (exact) mass is 732 g/mol. The summed E-state index contributed by atoms with van der Waals surface area (Å²) >= 11 is 1.86. The van der Waals surface area contributed by atoms with Crippen molar-refractivity contribution in [2.24, 2.45) is 0 Å². The lowest BCUT2D eigenvalue weighted by molar-refractivity contribution is 1.07. The Hall–Kier alpha value is -7.21. The number of aromatic nitrogens is 4. The molecule has 0 saturated carbocycles. The zero-order valence-corrected chi connectivity index (χ0v) is 31.0. The van der Waals surface area contributed by atoms with Gasteiger partial charge in [-0.25, -0.2) is 15.0 Å². The molecule has 3 heterocycles. The first kappa shape index (κ1) is 32.2. The molecule has 3 aromatic heterocycles. The van der Waals surface area contributed by atoms with Crippen LogP contribution in [0, 0.1) is 0 Å². The molecule has 5 heteroatoms. The summed E-state index contributed by atoms with van der Waals surface area (Å²) in [6.07, 6.45) is 0. The average molecular weight is 733 g/mol. The lowest BCUT2D eigenvalue weighted by Crippen LogP contribution is -2.04. The fourth-order valence-electron chi connectivity index (χ4n) is 8.05. The largest absolute Gasteiger partial charge is 0.308 e. The van der Waals surface area contributed by atoms with Crippen LogP contribution in [-0.4, -0.2) is 19.5 Å². The van der Waals surface area contributed by atoms with E-state index in [0.29, 0.717) is 17.5 Å². The van der Waals surface area contributed by atoms with Crippen molar-refractivity contribution in [2.45, 2.75) is 0 Å². The molecule has 0 spiro atoms. The van der Waals surface area contributed by atoms with Gasteiger partial charge in [-0.2, -0.15) is 0 Å². The van der Waals surface area contributed by atoms with Gasteiger partial charge in [-0.15, -0.1) is 11.3 Å². The molecule has 0 unspecified atom stereocenters. The number of thiophene rings is 1. The van der Waals surface area contributed by atoms with E-state index >= 15 is 0 Å².